The average Bonchev–Trinajstić information content (AvgIpc) is 3.61. The Hall–Kier alpha value is -2.97. The van der Waals surface area contributed by atoms with Crippen molar-refractivity contribution in [3.05, 3.63) is 30.4 Å². The summed E-state index contributed by atoms with van der Waals surface area (Å²) < 4.78 is 32.2. The van der Waals surface area contributed by atoms with E-state index in [-0.39, 0.29) is 36.7 Å². The SMILES string of the molecule is CC[C@H]1OC(=O)[C@H](C)C(=O)[C@H](C)[C@@H](OC2OC(C)CC(N(C)C)C2C)[C@](C)(OC)C[C@@H](C)C(=O)/C(C)=C/[C@]1(C)OC(=O)n1ccnc1.CO. The molecule has 0 amide bonds. The Bertz CT molecular complexity index is 1300. The van der Waals surface area contributed by atoms with E-state index in [9.17, 15) is 19.2 Å². The topological polar surface area (TPSA) is 156 Å². The molecule has 2 aliphatic rings. The summed E-state index contributed by atoms with van der Waals surface area (Å²) in [5.74, 6) is -4.05. The summed E-state index contributed by atoms with van der Waals surface area (Å²) >= 11 is 0. The lowest BCUT2D eigenvalue weighted by Crippen LogP contribution is -2.57. The summed E-state index contributed by atoms with van der Waals surface area (Å²) in [6.45, 7) is 15.9. The Morgan fingerprint density at radius 2 is 1.76 bits per heavy atom. The van der Waals surface area contributed by atoms with Gasteiger partial charge in [0.15, 0.2) is 23.5 Å². The highest BCUT2D eigenvalue weighted by molar-refractivity contribution is 6.00. The fraction of sp³-hybridized carbons (Fsp3) is 0.750. The van der Waals surface area contributed by atoms with Gasteiger partial charge in [0.2, 0.25) is 0 Å². The fourth-order valence-corrected chi connectivity index (χ4v) is 7.13. The van der Waals surface area contributed by atoms with E-state index in [0.29, 0.717) is 5.57 Å². The van der Waals surface area contributed by atoms with Crippen LogP contribution in [-0.4, -0.2) is 113 Å². The third-order valence-electron chi connectivity index (χ3n) is 10.0. The van der Waals surface area contributed by atoms with Crippen molar-refractivity contribution in [3.63, 3.8) is 0 Å². The van der Waals surface area contributed by atoms with Crippen molar-refractivity contribution in [3.8, 4) is 0 Å². The number of cyclic esters (lactones) is 1. The van der Waals surface area contributed by atoms with Crippen molar-refractivity contribution < 1.29 is 48.0 Å². The molecule has 13 nitrogen and oxygen atoms in total. The van der Waals surface area contributed by atoms with Gasteiger partial charge in [-0.1, -0.05) is 27.7 Å². The van der Waals surface area contributed by atoms with Crippen LogP contribution in [0.3, 0.4) is 0 Å². The van der Waals surface area contributed by atoms with Crippen LogP contribution in [0.4, 0.5) is 4.79 Å². The minimum Gasteiger partial charge on any atom is -0.457 e. The van der Waals surface area contributed by atoms with Gasteiger partial charge in [0.25, 0.3) is 0 Å². The maximum absolute atomic E-state index is 14.1. The lowest BCUT2D eigenvalue weighted by molar-refractivity contribution is -0.280. The van der Waals surface area contributed by atoms with Crippen molar-refractivity contribution in [1.82, 2.24) is 14.5 Å². The Labute approximate surface area is 291 Å². The number of methoxy groups -OCH3 is 1. The highest BCUT2D eigenvalue weighted by atomic mass is 16.7. The first-order valence-corrected chi connectivity index (χ1v) is 17.0. The van der Waals surface area contributed by atoms with E-state index in [1.807, 2.05) is 27.9 Å². The van der Waals surface area contributed by atoms with Gasteiger partial charge in [-0.05, 0) is 79.6 Å². The Balaban J connectivity index is 0.00000409. The van der Waals surface area contributed by atoms with Crippen LogP contribution in [0.2, 0.25) is 0 Å². The molecule has 1 fully saturated rings. The van der Waals surface area contributed by atoms with Crippen molar-refractivity contribution in [1.29, 1.82) is 0 Å². The van der Waals surface area contributed by atoms with Crippen molar-refractivity contribution in [2.24, 2.45) is 23.7 Å². The van der Waals surface area contributed by atoms with Gasteiger partial charge in [-0.25, -0.2) is 14.3 Å². The number of hydrogen-bond donors (Lipinski definition) is 1. The molecule has 1 saturated heterocycles. The number of aromatic nitrogens is 2. The molecule has 2 aliphatic heterocycles. The van der Waals surface area contributed by atoms with Gasteiger partial charge in [0.1, 0.15) is 18.3 Å². The van der Waals surface area contributed by atoms with Crippen LogP contribution in [0.15, 0.2) is 30.4 Å². The van der Waals surface area contributed by atoms with Crippen molar-refractivity contribution >= 4 is 23.6 Å². The minimum atomic E-state index is -1.55. The first kappa shape index (κ1) is 42.2. The molecule has 11 atom stereocenters. The second kappa shape index (κ2) is 17.8. The number of allylic oxidation sites excluding steroid dienone is 1. The molecule has 1 N–H and O–H groups in total. The number of Topliss-reactive ketones (excluding diaryl/α,β-unsaturated/α-hetero) is 2. The lowest BCUT2D eigenvalue weighted by atomic mass is 9.76. The van der Waals surface area contributed by atoms with Crippen LogP contribution in [0.5, 0.6) is 0 Å². The molecule has 0 aliphatic carbocycles. The average molecular weight is 694 g/mol. The number of hydrogen-bond acceptors (Lipinski definition) is 12. The maximum atomic E-state index is 14.1. The van der Waals surface area contributed by atoms with Crippen LogP contribution in [0.1, 0.15) is 81.6 Å². The number of rotatable bonds is 6. The lowest BCUT2D eigenvalue weighted by Gasteiger charge is -2.47. The van der Waals surface area contributed by atoms with Crippen LogP contribution >= 0.6 is 0 Å². The van der Waals surface area contributed by atoms with Crippen LogP contribution in [0.25, 0.3) is 0 Å². The normalized spacial score (nSPS) is 37.7. The molecule has 0 radical (unpaired) electrons. The summed E-state index contributed by atoms with van der Waals surface area (Å²) in [4.78, 5) is 60.9. The van der Waals surface area contributed by atoms with Gasteiger partial charge < -0.3 is 33.7 Å². The molecule has 13 heteroatoms. The zero-order valence-electron chi connectivity index (χ0n) is 31.6. The summed E-state index contributed by atoms with van der Waals surface area (Å²) in [5.41, 5.74) is -2.36. The van der Waals surface area contributed by atoms with Gasteiger partial charge in [-0.3, -0.25) is 14.4 Å². The largest absolute Gasteiger partial charge is 0.457 e. The van der Waals surface area contributed by atoms with E-state index >= 15 is 0 Å². The molecule has 49 heavy (non-hydrogen) atoms. The zero-order valence-corrected chi connectivity index (χ0v) is 31.6. The van der Waals surface area contributed by atoms with Crippen LogP contribution in [-0.2, 0) is 38.1 Å². The number of carbonyl (C=O) groups is 4. The Morgan fingerprint density at radius 3 is 2.29 bits per heavy atom. The molecule has 1 aromatic rings. The van der Waals surface area contributed by atoms with Gasteiger partial charge in [0, 0.05) is 50.4 Å². The summed E-state index contributed by atoms with van der Waals surface area (Å²) in [5, 5.41) is 7.00. The maximum Gasteiger partial charge on any atom is 0.420 e. The predicted octanol–water partition coefficient (Wildman–Crippen LogP) is 4.44. The van der Waals surface area contributed by atoms with E-state index in [0.717, 1.165) is 18.1 Å². The van der Waals surface area contributed by atoms with Gasteiger partial charge in [0.05, 0.1) is 17.8 Å². The molecule has 278 valence electrons. The molecule has 0 bridgehead atoms. The molecule has 3 heterocycles. The molecular weight excluding hydrogens is 634 g/mol. The van der Waals surface area contributed by atoms with Gasteiger partial charge in [-0.15, -0.1) is 0 Å². The number of ether oxygens (including phenoxy) is 5. The smallest absolute Gasteiger partial charge is 0.420 e. The first-order valence-electron chi connectivity index (χ1n) is 17.0. The van der Waals surface area contributed by atoms with E-state index in [2.05, 4.69) is 16.8 Å². The summed E-state index contributed by atoms with van der Waals surface area (Å²) in [6.07, 6.45) is 3.54. The number of aliphatic hydroxyl groups is 1. The third kappa shape index (κ3) is 9.84. The van der Waals surface area contributed by atoms with E-state index in [1.165, 1.54) is 38.8 Å². The standard InChI is InChI=1S/C35H55N3O9.CH4O/c1-13-27-34(8,47-33(42)38-15-14-36-19-38)17-20(2)28(39)21(3)18-35(9,43-12)30(24(6)29(40)25(7)31(41)45-27)46-32-23(5)26(37(10)11)16-22(4)44-32;1-2/h14-15,17,19,21-27,30,32H,13,16,18H2,1-12H3;2H,1H3/b20-17+;/t21-,22?,23?,24+,25-,26?,27-,30-,32?,34+,35-;/m1./s1. The summed E-state index contributed by atoms with van der Waals surface area (Å²) in [7, 11) is 6.57. The van der Waals surface area contributed by atoms with Crippen LogP contribution < -0.4 is 0 Å². The molecule has 1 aromatic heterocycles. The number of ketones is 2. The van der Waals surface area contributed by atoms with E-state index in [4.69, 9.17) is 28.8 Å². The molecule has 4 unspecified atom stereocenters. The molecular formula is C36H59N3O10. The first-order chi connectivity index (χ1) is 22.9. The molecule has 0 aromatic carbocycles. The fourth-order valence-electron chi connectivity index (χ4n) is 7.13. The van der Waals surface area contributed by atoms with Gasteiger partial charge >= 0.3 is 12.1 Å². The third-order valence-corrected chi connectivity index (χ3v) is 10.0. The monoisotopic (exact) mass is 693 g/mol. The zero-order chi connectivity index (χ0) is 37.4. The van der Waals surface area contributed by atoms with E-state index in [1.54, 1.807) is 34.6 Å². The van der Waals surface area contributed by atoms with E-state index < -0.39 is 65.3 Å². The van der Waals surface area contributed by atoms with Crippen LogP contribution in [0, 0.1) is 23.7 Å². The van der Waals surface area contributed by atoms with Crippen molar-refractivity contribution in [2.75, 3.05) is 28.3 Å². The predicted molar refractivity (Wildman–Crippen MR) is 183 cm³/mol. The quantitative estimate of drug-likeness (QED) is 0.331. The Kier molecular flexibility index (Phi) is 15.3. The molecule has 0 spiro atoms. The Morgan fingerprint density at radius 1 is 1.12 bits per heavy atom. The number of carbonyl (C=O) groups excluding carboxylic acids is 4. The summed E-state index contributed by atoms with van der Waals surface area (Å²) in [6, 6.07) is 0.174. The number of nitrogens with zero attached hydrogens (tertiary/aromatic N) is 3. The number of esters is 1. The second-order valence-electron chi connectivity index (χ2n) is 14.1. The number of imidazole rings is 1. The highest BCUT2D eigenvalue weighted by Crippen LogP contribution is 2.38. The molecule has 3 rings (SSSR count). The minimum absolute atomic E-state index is 0.0441. The highest BCUT2D eigenvalue weighted by Gasteiger charge is 2.49. The van der Waals surface area contributed by atoms with Crippen molar-refractivity contribution in [2.45, 2.75) is 123 Å². The number of aliphatic hydroxyl groups excluding tert-OH is 1. The second-order valence-corrected chi connectivity index (χ2v) is 14.1. The van der Waals surface area contributed by atoms with Gasteiger partial charge in [-0.2, -0.15) is 0 Å². The molecule has 0 saturated carbocycles.